The van der Waals surface area contributed by atoms with E-state index in [0.29, 0.717) is 36.9 Å². The third kappa shape index (κ3) is 7.09. The number of aromatic nitrogens is 2. The normalized spacial score (nSPS) is 27.1. The number of hydrogen-bond acceptors (Lipinski definition) is 6. The van der Waals surface area contributed by atoms with Gasteiger partial charge in [0.15, 0.2) is 0 Å². The van der Waals surface area contributed by atoms with Crippen LogP contribution >= 0.6 is 0 Å². The van der Waals surface area contributed by atoms with Crippen molar-refractivity contribution in [2.45, 2.75) is 94.7 Å². The highest BCUT2D eigenvalue weighted by molar-refractivity contribution is 5.96. The monoisotopic (exact) mass is 685 g/mol. The van der Waals surface area contributed by atoms with Gasteiger partial charge in [0.1, 0.15) is 29.5 Å². The van der Waals surface area contributed by atoms with Gasteiger partial charge in [0.25, 0.3) is 6.01 Å². The van der Waals surface area contributed by atoms with Crippen LogP contribution in [0.2, 0.25) is 0 Å². The van der Waals surface area contributed by atoms with Crippen molar-refractivity contribution in [3.63, 3.8) is 0 Å². The summed E-state index contributed by atoms with van der Waals surface area (Å²) in [7, 11) is 0. The number of anilines is 1. The molecule has 262 valence electrons. The van der Waals surface area contributed by atoms with Crippen molar-refractivity contribution in [2.24, 2.45) is 5.92 Å². The van der Waals surface area contributed by atoms with Gasteiger partial charge in [-0.15, -0.1) is 0 Å². The molecule has 2 aromatic carbocycles. The smallest absolute Gasteiger partial charge is 0.416 e. The van der Waals surface area contributed by atoms with Crippen LogP contribution in [0.4, 0.5) is 23.2 Å². The molecule has 2 fully saturated rings. The van der Waals surface area contributed by atoms with Crippen molar-refractivity contribution in [1.29, 1.82) is 0 Å². The molecule has 3 N–H and O–H groups in total. The van der Waals surface area contributed by atoms with Crippen LogP contribution in [0, 0.1) is 11.7 Å². The molecule has 1 aromatic heterocycles. The first kappa shape index (κ1) is 34.3. The number of rotatable bonds is 6. The Kier molecular flexibility index (Phi) is 9.34. The Labute approximate surface area is 280 Å². The molecule has 0 bridgehead atoms. The van der Waals surface area contributed by atoms with Crippen LogP contribution in [0.5, 0.6) is 6.01 Å². The van der Waals surface area contributed by atoms with E-state index in [1.165, 1.54) is 4.90 Å². The molecule has 49 heavy (non-hydrogen) atoms. The minimum Gasteiger partial charge on any atom is -0.479 e. The Hall–Kier alpha value is -4.62. The number of halogens is 4. The number of benzene rings is 2. The fourth-order valence-electron chi connectivity index (χ4n) is 6.94. The maximum atomic E-state index is 14.4. The highest BCUT2D eigenvalue weighted by Gasteiger charge is 2.61. The van der Waals surface area contributed by atoms with E-state index in [9.17, 15) is 37.1 Å². The van der Waals surface area contributed by atoms with Crippen molar-refractivity contribution >= 4 is 34.5 Å². The van der Waals surface area contributed by atoms with Gasteiger partial charge in [0.2, 0.25) is 11.8 Å². The number of amides is 2. The fourth-order valence-corrected chi connectivity index (χ4v) is 6.94. The number of nitrogens with one attached hydrogen (secondary N) is 2. The topological polar surface area (TPSA) is 126 Å². The van der Waals surface area contributed by atoms with Crippen LogP contribution in [0.3, 0.4) is 0 Å². The van der Waals surface area contributed by atoms with Crippen LogP contribution in [0.1, 0.15) is 70.4 Å². The number of carbonyl (C=O) groups excluding carboxylic acids is 2. The molecule has 1 saturated heterocycles. The Balaban J connectivity index is 1.34. The van der Waals surface area contributed by atoms with E-state index in [1.807, 2.05) is 48.8 Å². The number of alkyl halides is 3. The molecule has 0 spiro atoms. The number of carbonyl (C=O) groups is 3. The fraction of sp³-hybridized carbons (Fsp3) is 0.486. The summed E-state index contributed by atoms with van der Waals surface area (Å²) in [5.74, 6) is -3.97. The number of ether oxygens (including phenoxy) is 1. The third-order valence-electron chi connectivity index (χ3n) is 9.54. The van der Waals surface area contributed by atoms with Crippen molar-refractivity contribution in [3.8, 4) is 6.01 Å². The zero-order valence-electron chi connectivity index (χ0n) is 27.2. The number of allylic oxidation sites excluding steroid dienone is 1. The van der Waals surface area contributed by atoms with Crippen LogP contribution < -0.4 is 15.4 Å². The van der Waals surface area contributed by atoms with E-state index < -0.39 is 65.0 Å². The number of hydrogen-bond donors (Lipinski definition) is 3. The van der Waals surface area contributed by atoms with Gasteiger partial charge in [0, 0.05) is 24.1 Å². The van der Waals surface area contributed by atoms with Gasteiger partial charge in [-0.1, -0.05) is 37.1 Å². The molecule has 1 saturated carbocycles. The highest BCUT2D eigenvalue weighted by atomic mass is 19.4. The van der Waals surface area contributed by atoms with Gasteiger partial charge in [-0.25, -0.2) is 9.18 Å². The van der Waals surface area contributed by atoms with Gasteiger partial charge in [-0.2, -0.15) is 18.2 Å². The van der Waals surface area contributed by atoms with Crippen molar-refractivity contribution < 1.29 is 41.8 Å². The number of carboxylic acid groups (broad SMARTS) is 1. The summed E-state index contributed by atoms with van der Waals surface area (Å²) in [4.78, 5) is 46.7. The number of nitrogens with zero attached hydrogens (tertiary/aromatic N) is 3. The maximum Gasteiger partial charge on any atom is 0.416 e. The van der Waals surface area contributed by atoms with Gasteiger partial charge >= 0.3 is 12.1 Å². The Morgan fingerprint density at radius 1 is 1.14 bits per heavy atom. The van der Waals surface area contributed by atoms with Gasteiger partial charge in [0.05, 0.1) is 23.1 Å². The van der Waals surface area contributed by atoms with Gasteiger partial charge in [-0.3, -0.25) is 14.2 Å². The molecular weight excluding hydrogens is 646 g/mol. The summed E-state index contributed by atoms with van der Waals surface area (Å²) in [5, 5.41) is 15.7. The SMILES string of the molecule is CC(C)n1c(O[C@@H]2C[C@H]3C(=O)N[C@]4(C(=O)O)C[C@@H]4/C=C\CCCCC[C@H](Nc4cc(F)cc(C(F)(F)F)c4)C(=O)N3C2)nc2ccccc21. The van der Waals surface area contributed by atoms with Crippen molar-refractivity contribution in [1.82, 2.24) is 19.8 Å². The molecule has 6 rings (SSSR count). The van der Waals surface area contributed by atoms with Crippen molar-refractivity contribution in [2.75, 3.05) is 11.9 Å². The lowest BCUT2D eigenvalue weighted by Gasteiger charge is -2.30. The first-order valence-electron chi connectivity index (χ1n) is 16.6. The highest BCUT2D eigenvalue weighted by Crippen LogP contribution is 2.45. The molecule has 14 heteroatoms. The van der Waals surface area contributed by atoms with Crippen LogP contribution in [0.15, 0.2) is 54.6 Å². The molecule has 3 aliphatic rings. The Bertz CT molecular complexity index is 1770. The molecule has 5 atom stereocenters. The minimum absolute atomic E-state index is 0.0139. The second-order valence-corrected chi connectivity index (χ2v) is 13.4. The number of imidazole rings is 1. The summed E-state index contributed by atoms with van der Waals surface area (Å²) in [6.07, 6.45) is 1.15. The van der Waals surface area contributed by atoms with E-state index in [-0.39, 0.29) is 37.5 Å². The summed E-state index contributed by atoms with van der Waals surface area (Å²) in [6, 6.07) is 7.48. The number of para-hydroxylation sites is 2. The average Bonchev–Trinajstić information content (AvgIpc) is 3.37. The molecule has 1 aliphatic carbocycles. The third-order valence-corrected chi connectivity index (χ3v) is 9.54. The Morgan fingerprint density at radius 2 is 1.92 bits per heavy atom. The summed E-state index contributed by atoms with van der Waals surface area (Å²) < 4.78 is 63.3. The molecular formula is C35H39F4N5O5. The van der Waals surface area contributed by atoms with E-state index in [1.54, 1.807) is 6.08 Å². The van der Waals surface area contributed by atoms with E-state index in [4.69, 9.17) is 4.74 Å². The summed E-state index contributed by atoms with van der Waals surface area (Å²) in [5.41, 5.74) is -1.41. The average molecular weight is 686 g/mol. The van der Waals surface area contributed by atoms with Gasteiger partial charge in [-0.05, 0) is 69.9 Å². The zero-order chi connectivity index (χ0) is 35.1. The van der Waals surface area contributed by atoms with E-state index in [0.717, 1.165) is 24.1 Å². The predicted molar refractivity (Wildman–Crippen MR) is 172 cm³/mol. The van der Waals surface area contributed by atoms with Crippen LogP contribution in [0.25, 0.3) is 11.0 Å². The van der Waals surface area contributed by atoms with E-state index in [2.05, 4.69) is 15.6 Å². The number of fused-ring (bicyclic) bond motifs is 3. The number of aliphatic carboxylic acids is 1. The second-order valence-electron chi connectivity index (χ2n) is 13.4. The van der Waals surface area contributed by atoms with Crippen LogP contribution in [-0.2, 0) is 20.6 Å². The number of carboxylic acids is 1. The summed E-state index contributed by atoms with van der Waals surface area (Å²) >= 11 is 0. The lowest BCUT2D eigenvalue weighted by molar-refractivity contribution is -0.145. The zero-order valence-corrected chi connectivity index (χ0v) is 27.2. The largest absolute Gasteiger partial charge is 0.479 e. The minimum atomic E-state index is -4.81. The molecule has 2 amide bonds. The maximum absolute atomic E-state index is 14.4. The first-order chi connectivity index (χ1) is 23.3. The van der Waals surface area contributed by atoms with Gasteiger partial charge < -0.3 is 25.4 Å². The predicted octanol–water partition coefficient (Wildman–Crippen LogP) is 6.08. The Morgan fingerprint density at radius 3 is 2.65 bits per heavy atom. The standard InChI is InChI=1S/C35H39F4N5O5/c1-20(2)44-28-13-9-8-11-26(28)41-33(44)49-25-17-29-30(45)42-34(32(47)48)18-21(34)10-6-4-3-5-7-12-27(31(46)43(29)19-25)40-24-15-22(35(37,38)39)14-23(36)16-24/h6,8-11,13-16,20-21,25,27,29,40H,3-5,7,12,17-19H2,1-2H3,(H,42,45)(H,47,48)/b10-6-/t21-,25+,27-,29-,34+/m0/s1. The second kappa shape index (κ2) is 13.4. The molecule has 10 nitrogen and oxygen atoms in total. The quantitative estimate of drug-likeness (QED) is 0.212. The lowest BCUT2D eigenvalue weighted by Crippen LogP contribution is -2.55. The van der Waals surface area contributed by atoms with Crippen LogP contribution in [-0.4, -0.2) is 67.6 Å². The molecule has 3 heterocycles. The van der Waals surface area contributed by atoms with Crippen molar-refractivity contribution in [3.05, 3.63) is 66.0 Å². The molecule has 2 aliphatic heterocycles. The first-order valence-corrected chi connectivity index (χ1v) is 16.6. The van der Waals surface area contributed by atoms with E-state index >= 15 is 0 Å². The molecule has 0 unspecified atom stereocenters. The molecule has 0 radical (unpaired) electrons. The summed E-state index contributed by atoms with van der Waals surface area (Å²) in [6.45, 7) is 3.86. The lowest BCUT2D eigenvalue weighted by atomic mass is 10.0. The molecule has 3 aromatic rings.